The van der Waals surface area contributed by atoms with Gasteiger partial charge in [-0.05, 0) is 22.3 Å². The third-order valence-electron chi connectivity index (χ3n) is 4.29. The van der Waals surface area contributed by atoms with Crippen LogP contribution in [0.3, 0.4) is 0 Å². The average molecular weight is 359 g/mol. The van der Waals surface area contributed by atoms with Crippen molar-refractivity contribution in [2.75, 3.05) is 13.6 Å². The monoisotopic (exact) mass is 359 g/mol. The molecule has 2 aromatic carbocycles. The van der Waals surface area contributed by atoms with E-state index in [4.69, 9.17) is 0 Å². The van der Waals surface area contributed by atoms with Crippen LogP contribution < -0.4 is 10.6 Å². The highest BCUT2D eigenvalue weighted by Gasteiger charge is 2.06. The predicted molar refractivity (Wildman–Crippen MR) is 112 cm³/mol. The van der Waals surface area contributed by atoms with Gasteiger partial charge < -0.3 is 15.2 Å². The molecule has 0 atom stereocenters. The molecule has 0 aliphatic carbocycles. The molecular weight excluding hydrogens is 334 g/mol. The molecule has 2 N–H and O–H groups in total. The minimum Gasteiger partial charge on any atom is -0.353 e. The van der Waals surface area contributed by atoms with E-state index in [1.807, 2.05) is 18.6 Å². The minimum absolute atomic E-state index is 0.680. The highest BCUT2D eigenvalue weighted by Crippen LogP contribution is 2.24. The number of hydrogen-bond donors (Lipinski definition) is 2. The van der Waals surface area contributed by atoms with E-state index in [9.17, 15) is 0 Å². The summed E-state index contributed by atoms with van der Waals surface area (Å²) >= 11 is 0. The third kappa shape index (κ3) is 5.07. The van der Waals surface area contributed by atoms with Crippen LogP contribution in [0.4, 0.5) is 0 Å². The molecule has 0 radical (unpaired) electrons. The summed E-state index contributed by atoms with van der Waals surface area (Å²) in [5.74, 6) is 0.764. The van der Waals surface area contributed by atoms with E-state index in [-0.39, 0.29) is 0 Å². The first-order valence-corrected chi connectivity index (χ1v) is 8.98. The van der Waals surface area contributed by atoms with Gasteiger partial charge in [0.05, 0.1) is 6.33 Å². The number of imidazole rings is 1. The van der Waals surface area contributed by atoms with Gasteiger partial charge in [0.2, 0.25) is 0 Å². The zero-order valence-corrected chi connectivity index (χ0v) is 15.6. The molecule has 27 heavy (non-hydrogen) atoms. The number of benzene rings is 2. The molecule has 0 amide bonds. The van der Waals surface area contributed by atoms with Gasteiger partial charge in [0.15, 0.2) is 5.96 Å². The van der Waals surface area contributed by atoms with Gasteiger partial charge in [-0.15, -0.1) is 6.58 Å². The molecule has 0 spiro atoms. The van der Waals surface area contributed by atoms with Crippen molar-refractivity contribution in [3.8, 4) is 11.1 Å². The van der Waals surface area contributed by atoms with Crippen LogP contribution in [0, 0.1) is 0 Å². The summed E-state index contributed by atoms with van der Waals surface area (Å²) in [7, 11) is 1.77. The van der Waals surface area contributed by atoms with E-state index in [1.54, 1.807) is 13.2 Å². The Balaban J connectivity index is 1.72. The van der Waals surface area contributed by atoms with Crippen molar-refractivity contribution < 1.29 is 0 Å². The molecule has 0 saturated carbocycles. The molecule has 1 aromatic heterocycles. The topological polar surface area (TPSA) is 54.2 Å². The Bertz CT molecular complexity index is 879. The van der Waals surface area contributed by atoms with Crippen LogP contribution in [-0.4, -0.2) is 29.1 Å². The third-order valence-corrected chi connectivity index (χ3v) is 4.29. The zero-order valence-electron chi connectivity index (χ0n) is 15.6. The summed E-state index contributed by atoms with van der Waals surface area (Å²) in [4.78, 5) is 8.32. The summed E-state index contributed by atoms with van der Waals surface area (Å²) in [6, 6.07) is 17.1. The van der Waals surface area contributed by atoms with Crippen molar-refractivity contribution in [2.45, 2.75) is 13.1 Å². The first-order valence-electron chi connectivity index (χ1n) is 8.98. The fourth-order valence-corrected chi connectivity index (χ4v) is 2.91. The lowest BCUT2D eigenvalue weighted by Gasteiger charge is -2.14. The highest BCUT2D eigenvalue weighted by molar-refractivity contribution is 5.80. The Kier molecular flexibility index (Phi) is 6.41. The van der Waals surface area contributed by atoms with Crippen molar-refractivity contribution in [3.63, 3.8) is 0 Å². The molecule has 0 aliphatic rings. The summed E-state index contributed by atoms with van der Waals surface area (Å²) in [5.41, 5.74) is 4.90. The van der Waals surface area contributed by atoms with Crippen molar-refractivity contribution in [1.82, 2.24) is 20.2 Å². The van der Waals surface area contributed by atoms with Crippen molar-refractivity contribution in [1.29, 1.82) is 0 Å². The van der Waals surface area contributed by atoms with Crippen molar-refractivity contribution in [3.05, 3.63) is 91.0 Å². The molecule has 0 aliphatic heterocycles. The van der Waals surface area contributed by atoms with Crippen LogP contribution >= 0.6 is 0 Å². The second-order valence-corrected chi connectivity index (χ2v) is 6.18. The lowest BCUT2D eigenvalue weighted by molar-refractivity contribution is 0.797. The van der Waals surface area contributed by atoms with Gasteiger partial charge in [-0.3, -0.25) is 4.99 Å². The number of aromatic nitrogens is 2. The van der Waals surface area contributed by atoms with Crippen molar-refractivity contribution >= 4 is 5.96 Å². The van der Waals surface area contributed by atoms with Crippen LogP contribution in [0.5, 0.6) is 0 Å². The Labute approximate surface area is 160 Å². The first-order chi connectivity index (χ1) is 13.3. The fraction of sp³-hybridized carbons (Fsp3) is 0.182. The largest absolute Gasteiger partial charge is 0.353 e. The maximum absolute atomic E-state index is 4.23. The Morgan fingerprint density at radius 2 is 1.96 bits per heavy atom. The van der Waals surface area contributed by atoms with Crippen LogP contribution in [0.1, 0.15) is 11.1 Å². The van der Waals surface area contributed by atoms with Crippen LogP contribution in [-0.2, 0) is 13.1 Å². The van der Waals surface area contributed by atoms with E-state index in [2.05, 4.69) is 80.3 Å². The van der Waals surface area contributed by atoms with Crippen LogP contribution in [0.15, 0.2) is 84.9 Å². The van der Waals surface area contributed by atoms with Crippen molar-refractivity contribution in [2.24, 2.45) is 4.99 Å². The molecule has 3 aromatic rings. The van der Waals surface area contributed by atoms with Crippen LogP contribution in [0.2, 0.25) is 0 Å². The summed E-state index contributed by atoms with van der Waals surface area (Å²) in [6.07, 6.45) is 7.42. The molecule has 1 heterocycles. The summed E-state index contributed by atoms with van der Waals surface area (Å²) in [5, 5.41) is 6.54. The number of hydrogen-bond acceptors (Lipinski definition) is 2. The zero-order chi connectivity index (χ0) is 18.9. The first kappa shape index (κ1) is 18.5. The standard InChI is InChI=1S/C22H25N5/c1-3-12-25-22(23-2)26-15-20-6-4-5-7-21(20)19-10-8-18(9-11-19)16-27-14-13-24-17-27/h3-11,13-14,17H,1,12,15-16H2,2H3,(H2,23,25,26). The molecule has 5 heteroatoms. The Morgan fingerprint density at radius 3 is 2.67 bits per heavy atom. The van der Waals surface area contributed by atoms with E-state index in [1.165, 1.54) is 22.3 Å². The van der Waals surface area contributed by atoms with E-state index in [0.29, 0.717) is 13.1 Å². The maximum Gasteiger partial charge on any atom is 0.191 e. The molecule has 0 bridgehead atoms. The second kappa shape index (κ2) is 9.38. The lowest BCUT2D eigenvalue weighted by atomic mass is 9.98. The van der Waals surface area contributed by atoms with E-state index < -0.39 is 0 Å². The Morgan fingerprint density at radius 1 is 1.15 bits per heavy atom. The maximum atomic E-state index is 4.23. The quantitative estimate of drug-likeness (QED) is 0.386. The summed E-state index contributed by atoms with van der Waals surface area (Å²) in [6.45, 7) is 5.93. The Hall–Kier alpha value is -3.34. The van der Waals surface area contributed by atoms with Gasteiger partial charge in [-0.25, -0.2) is 4.98 Å². The molecule has 0 fully saturated rings. The van der Waals surface area contributed by atoms with Gasteiger partial charge in [0.1, 0.15) is 0 Å². The second-order valence-electron chi connectivity index (χ2n) is 6.18. The minimum atomic E-state index is 0.680. The SMILES string of the molecule is C=CCNC(=NC)NCc1ccccc1-c1ccc(Cn2ccnc2)cc1. The number of nitrogens with zero attached hydrogens (tertiary/aromatic N) is 3. The molecule has 5 nitrogen and oxygen atoms in total. The van der Waals surface area contributed by atoms with Gasteiger partial charge in [0, 0.05) is 39.1 Å². The molecular formula is C22H25N5. The van der Waals surface area contributed by atoms with Gasteiger partial charge in [-0.1, -0.05) is 54.6 Å². The smallest absolute Gasteiger partial charge is 0.191 e. The van der Waals surface area contributed by atoms with Crippen LogP contribution in [0.25, 0.3) is 11.1 Å². The van der Waals surface area contributed by atoms with Gasteiger partial charge in [-0.2, -0.15) is 0 Å². The van der Waals surface area contributed by atoms with E-state index in [0.717, 1.165) is 12.5 Å². The van der Waals surface area contributed by atoms with Gasteiger partial charge in [0.25, 0.3) is 0 Å². The normalized spacial score (nSPS) is 11.2. The molecule has 3 rings (SSSR count). The van der Waals surface area contributed by atoms with Gasteiger partial charge >= 0.3 is 0 Å². The summed E-state index contributed by atoms with van der Waals surface area (Å²) < 4.78 is 2.06. The predicted octanol–water partition coefficient (Wildman–Crippen LogP) is 3.45. The molecule has 138 valence electrons. The average Bonchev–Trinajstić information content (AvgIpc) is 3.22. The highest BCUT2D eigenvalue weighted by atomic mass is 15.2. The number of aliphatic imine (C=N–C) groups is 1. The lowest BCUT2D eigenvalue weighted by Crippen LogP contribution is -2.36. The fourth-order valence-electron chi connectivity index (χ4n) is 2.91. The number of rotatable bonds is 7. The molecule has 0 unspecified atom stereocenters. The molecule has 0 saturated heterocycles. The van der Waals surface area contributed by atoms with E-state index >= 15 is 0 Å². The number of guanidine groups is 1. The number of nitrogens with one attached hydrogen (secondary N) is 2.